The number of rotatable bonds is 4. The second-order valence-electron chi connectivity index (χ2n) is 5.73. The zero-order chi connectivity index (χ0) is 15.7. The summed E-state index contributed by atoms with van der Waals surface area (Å²) in [6.45, 7) is 4.00. The molecule has 1 aliphatic rings. The Bertz CT molecular complexity index is 528. The summed E-state index contributed by atoms with van der Waals surface area (Å²) >= 11 is 0. The molecule has 1 amide bonds. The number of benzene rings is 1. The lowest BCUT2D eigenvalue weighted by molar-refractivity contribution is -0.274. The van der Waals surface area contributed by atoms with E-state index in [1.54, 1.807) is 6.07 Å². The first kappa shape index (κ1) is 15.7. The number of halogens is 3. The minimum absolute atomic E-state index is 0.00797. The van der Waals surface area contributed by atoms with E-state index < -0.39 is 11.9 Å². The van der Waals surface area contributed by atoms with E-state index >= 15 is 0 Å². The molecule has 1 aromatic rings. The third-order valence-electron chi connectivity index (χ3n) is 3.94. The Morgan fingerprint density at radius 1 is 1.38 bits per heavy atom. The van der Waals surface area contributed by atoms with Gasteiger partial charge in [0.1, 0.15) is 5.75 Å². The quantitative estimate of drug-likeness (QED) is 0.925. The van der Waals surface area contributed by atoms with Crippen LogP contribution in [-0.2, 0) is 11.2 Å². The van der Waals surface area contributed by atoms with E-state index in [-0.39, 0.29) is 17.6 Å². The van der Waals surface area contributed by atoms with Crippen LogP contribution < -0.4 is 10.1 Å². The van der Waals surface area contributed by atoms with Crippen LogP contribution in [0.3, 0.4) is 0 Å². The van der Waals surface area contributed by atoms with Gasteiger partial charge in [-0.3, -0.25) is 4.79 Å². The van der Waals surface area contributed by atoms with Crippen LogP contribution >= 0.6 is 0 Å². The van der Waals surface area contributed by atoms with E-state index in [4.69, 9.17) is 0 Å². The van der Waals surface area contributed by atoms with Crippen molar-refractivity contribution in [3.8, 4) is 5.75 Å². The van der Waals surface area contributed by atoms with Gasteiger partial charge in [0.25, 0.3) is 0 Å². The SMILES string of the molecule is CC(C)C1(Cc2cccc(OC(F)(F)F)c2)CCC(=O)N1. The molecule has 3 nitrogen and oxygen atoms in total. The van der Waals surface area contributed by atoms with Crippen molar-refractivity contribution in [2.75, 3.05) is 0 Å². The smallest absolute Gasteiger partial charge is 0.406 e. The van der Waals surface area contributed by atoms with Crippen LogP contribution in [0.25, 0.3) is 0 Å². The second-order valence-corrected chi connectivity index (χ2v) is 5.73. The first-order valence-electron chi connectivity index (χ1n) is 6.86. The molecule has 0 bridgehead atoms. The lowest BCUT2D eigenvalue weighted by atomic mass is 9.80. The number of nitrogens with one attached hydrogen (secondary N) is 1. The van der Waals surface area contributed by atoms with Gasteiger partial charge in [-0.1, -0.05) is 26.0 Å². The van der Waals surface area contributed by atoms with E-state index in [2.05, 4.69) is 10.1 Å². The normalized spacial score (nSPS) is 22.5. The van der Waals surface area contributed by atoms with Crippen molar-refractivity contribution in [3.05, 3.63) is 29.8 Å². The largest absolute Gasteiger partial charge is 0.573 e. The van der Waals surface area contributed by atoms with Gasteiger partial charge in [0.2, 0.25) is 5.91 Å². The lowest BCUT2D eigenvalue weighted by Crippen LogP contribution is -2.48. The third kappa shape index (κ3) is 3.89. The zero-order valence-corrected chi connectivity index (χ0v) is 12.0. The number of hydrogen-bond donors (Lipinski definition) is 1. The van der Waals surface area contributed by atoms with Crippen LogP contribution in [-0.4, -0.2) is 17.8 Å². The Labute approximate surface area is 121 Å². The molecule has 6 heteroatoms. The maximum absolute atomic E-state index is 12.3. The van der Waals surface area contributed by atoms with Crippen LogP contribution in [0.2, 0.25) is 0 Å². The third-order valence-corrected chi connectivity index (χ3v) is 3.94. The van der Waals surface area contributed by atoms with Crippen molar-refractivity contribution < 1.29 is 22.7 Å². The number of ether oxygens (including phenoxy) is 1. The maximum Gasteiger partial charge on any atom is 0.573 e. The lowest BCUT2D eigenvalue weighted by Gasteiger charge is -2.33. The highest BCUT2D eigenvalue weighted by molar-refractivity contribution is 5.79. The molecule has 1 atom stereocenters. The summed E-state index contributed by atoms with van der Waals surface area (Å²) in [6.07, 6.45) is -3.06. The molecule has 116 valence electrons. The molecule has 0 radical (unpaired) electrons. The fourth-order valence-corrected chi connectivity index (χ4v) is 2.73. The molecule has 0 aliphatic carbocycles. The van der Waals surface area contributed by atoms with E-state index in [1.807, 2.05) is 13.8 Å². The molecule has 21 heavy (non-hydrogen) atoms. The monoisotopic (exact) mass is 301 g/mol. The van der Waals surface area contributed by atoms with Crippen molar-refractivity contribution in [2.45, 2.75) is 45.0 Å². The average Bonchev–Trinajstić information content (AvgIpc) is 2.70. The van der Waals surface area contributed by atoms with Crippen molar-refractivity contribution in [1.29, 1.82) is 0 Å². The zero-order valence-electron chi connectivity index (χ0n) is 12.0. The van der Waals surface area contributed by atoms with Gasteiger partial charge < -0.3 is 10.1 Å². The Morgan fingerprint density at radius 2 is 2.10 bits per heavy atom. The van der Waals surface area contributed by atoms with Crippen LogP contribution in [0.15, 0.2) is 24.3 Å². The van der Waals surface area contributed by atoms with E-state index in [0.29, 0.717) is 24.8 Å². The Hall–Kier alpha value is -1.72. The summed E-state index contributed by atoms with van der Waals surface area (Å²) in [4.78, 5) is 11.5. The summed E-state index contributed by atoms with van der Waals surface area (Å²) in [6, 6.07) is 5.92. The molecule has 0 aromatic heterocycles. The summed E-state index contributed by atoms with van der Waals surface area (Å²) in [5.74, 6) is -0.0502. The molecule has 1 saturated heterocycles. The summed E-state index contributed by atoms with van der Waals surface area (Å²) < 4.78 is 40.7. The fourth-order valence-electron chi connectivity index (χ4n) is 2.73. The van der Waals surface area contributed by atoms with Crippen molar-refractivity contribution in [2.24, 2.45) is 5.92 Å². The van der Waals surface area contributed by atoms with Crippen molar-refractivity contribution >= 4 is 5.91 Å². The maximum atomic E-state index is 12.3. The predicted molar refractivity (Wildman–Crippen MR) is 71.8 cm³/mol. The van der Waals surface area contributed by atoms with Gasteiger partial charge >= 0.3 is 6.36 Å². The van der Waals surface area contributed by atoms with E-state index in [9.17, 15) is 18.0 Å². The van der Waals surface area contributed by atoms with Gasteiger partial charge in [-0.25, -0.2) is 0 Å². The van der Waals surface area contributed by atoms with Gasteiger partial charge in [0.05, 0.1) is 0 Å². The number of carbonyl (C=O) groups is 1. The molecule has 1 aromatic carbocycles. The number of amides is 1. The Balaban J connectivity index is 2.18. The van der Waals surface area contributed by atoms with Crippen LogP contribution in [0, 0.1) is 5.92 Å². The second kappa shape index (κ2) is 5.58. The number of hydrogen-bond acceptors (Lipinski definition) is 2. The number of alkyl halides is 3. The first-order chi connectivity index (χ1) is 9.70. The van der Waals surface area contributed by atoms with Crippen molar-refractivity contribution in [3.63, 3.8) is 0 Å². The van der Waals surface area contributed by atoms with Gasteiger partial charge in [-0.15, -0.1) is 13.2 Å². The Morgan fingerprint density at radius 3 is 2.62 bits per heavy atom. The van der Waals surface area contributed by atoms with Crippen LogP contribution in [0.5, 0.6) is 5.75 Å². The summed E-state index contributed by atoms with van der Waals surface area (Å²) in [5, 5.41) is 2.98. The molecule has 0 spiro atoms. The van der Waals surface area contributed by atoms with E-state index in [0.717, 1.165) is 0 Å². The molecule has 1 fully saturated rings. The highest BCUT2D eigenvalue weighted by Crippen LogP contribution is 2.33. The molecule has 1 aliphatic heterocycles. The highest BCUT2D eigenvalue weighted by Gasteiger charge is 2.40. The van der Waals surface area contributed by atoms with Gasteiger partial charge in [-0.05, 0) is 36.5 Å². The average molecular weight is 301 g/mol. The Kier molecular flexibility index (Phi) is 4.16. The molecular formula is C15H18F3NO2. The van der Waals surface area contributed by atoms with Crippen LogP contribution in [0.1, 0.15) is 32.3 Å². The van der Waals surface area contributed by atoms with Gasteiger partial charge in [0, 0.05) is 12.0 Å². The molecule has 1 unspecified atom stereocenters. The topological polar surface area (TPSA) is 38.3 Å². The van der Waals surface area contributed by atoms with Crippen molar-refractivity contribution in [1.82, 2.24) is 5.32 Å². The van der Waals surface area contributed by atoms with Crippen LogP contribution in [0.4, 0.5) is 13.2 Å². The molecule has 0 saturated carbocycles. The molecular weight excluding hydrogens is 283 g/mol. The predicted octanol–water partition coefficient (Wildman–Crippen LogP) is 3.43. The highest BCUT2D eigenvalue weighted by atomic mass is 19.4. The summed E-state index contributed by atoms with van der Waals surface area (Å²) in [5.41, 5.74) is 0.321. The van der Waals surface area contributed by atoms with E-state index in [1.165, 1.54) is 18.2 Å². The number of carbonyl (C=O) groups excluding carboxylic acids is 1. The molecule has 1 heterocycles. The first-order valence-corrected chi connectivity index (χ1v) is 6.86. The minimum atomic E-state index is -4.70. The fraction of sp³-hybridized carbons (Fsp3) is 0.533. The summed E-state index contributed by atoms with van der Waals surface area (Å²) in [7, 11) is 0. The van der Waals surface area contributed by atoms with Gasteiger partial charge in [-0.2, -0.15) is 0 Å². The minimum Gasteiger partial charge on any atom is -0.406 e. The van der Waals surface area contributed by atoms with Gasteiger partial charge in [0.15, 0.2) is 0 Å². The molecule has 1 N–H and O–H groups in total. The standard InChI is InChI=1S/C15H18F3NO2/c1-10(2)14(7-6-13(20)19-14)9-11-4-3-5-12(8-11)21-15(16,17)18/h3-5,8,10H,6-7,9H2,1-2H3,(H,19,20). The molecule has 2 rings (SSSR count).